The smallest absolute Gasteiger partial charge is 0.433 e. The number of halogens is 4. The van der Waals surface area contributed by atoms with Crippen LogP contribution in [0.25, 0.3) is 5.69 Å². The van der Waals surface area contributed by atoms with E-state index in [0.29, 0.717) is 6.07 Å². The predicted octanol–water partition coefficient (Wildman–Crippen LogP) is 1.91. The highest BCUT2D eigenvalue weighted by Gasteiger charge is 2.36. The summed E-state index contributed by atoms with van der Waals surface area (Å²) in [5.41, 5.74) is -7.22. The number of alkyl halides is 3. The van der Waals surface area contributed by atoms with Crippen molar-refractivity contribution in [2.24, 2.45) is 0 Å². The molecule has 0 spiro atoms. The van der Waals surface area contributed by atoms with E-state index in [0.717, 1.165) is 0 Å². The van der Waals surface area contributed by atoms with Crippen LogP contribution in [0.2, 0.25) is 0 Å². The van der Waals surface area contributed by atoms with E-state index in [9.17, 15) is 42.1 Å². The van der Waals surface area contributed by atoms with E-state index in [1.165, 1.54) is 18.3 Å². The number of aromatic nitrogens is 3. The Morgan fingerprint density at radius 1 is 1.22 bits per heavy atom. The second-order valence-electron chi connectivity index (χ2n) is 6.88. The normalized spacial score (nSPS) is 11.2. The summed E-state index contributed by atoms with van der Waals surface area (Å²) in [5.74, 6) is 1.45. The number of carbonyl (C=O) groups excluding carboxylic acids is 1. The molecule has 196 valence electrons. The molecule has 0 atom stereocenters. The average molecular weight is 529 g/mol. The average Bonchev–Trinajstić information content (AvgIpc) is 2.82. The summed E-state index contributed by atoms with van der Waals surface area (Å²) in [6, 6.07) is 3.29. The van der Waals surface area contributed by atoms with E-state index in [-0.39, 0.29) is 34.9 Å². The number of benzene rings is 1. The van der Waals surface area contributed by atoms with Crippen molar-refractivity contribution in [1.82, 2.24) is 14.2 Å². The number of nitro groups is 1. The van der Waals surface area contributed by atoms with Gasteiger partial charge < -0.3 is 20.1 Å². The molecule has 0 saturated heterocycles. The topological polar surface area (TPSA) is 171 Å². The van der Waals surface area contributed by atoms with E-state index in [2.05, 4.69) is 4.98 Å². The van der Waals surface area contributed by atoms with Gasteiger partial charge in [-0.3, -0.25) is 14.9 Å². The highest BCUT2D eigenvalue weighted by Crippen LogP contribution is 2.37. The van der Waals surface area contributed by atoms with Crippen LogP contribution in [0.1, 0.15) is 12.6 Å². The molecule has 0 fully saturated rings. The molecule has 1 aromatic carbocycles. The maximum absolute atomic E-state index is 14.8. The van der Waals surface area contributed by atoms with Gasteiger partial charge in [0.1, 0.15) is 0 Å². The molecular formula is C20H15F4N5O8. The first-order chi connectivity index (χ1) is 17.3. The minimum Gasteiger partial charge on any atom is -0.463 e. The zero-order valence-corrected chi connectivity index (χ0v) is 18.5. The number of esters is 1. The summed E-state index contributed by atoms with van der Waals surface area (Å²) in [4.78, 5) is 50.6. The Kier molecular flexibility index (Phi) is 7.45. The third-order valence-corrected chi connectivity index (χ3v) is 4.48. The molecule has 13 nitrogen and oxygen atoms in total. The zero-order valence-electron chi connectivity index (χ0n) is 18.5. The number of rotatable bonds is 8. The van der Waals surface area contributed by atoms with Crippen molar-refractivity contribution in [2.75, 3.05) is 19.1 Å². The molecular weight excluding hydrogens is 514 g/mol. The molecule has 37 heavy (non-hydrogen) atoms. The molecule has 17 heteroatoms. The van der Waals surface area contributed by atoms with Crippen LogP contribution in [0.5, 0.6) is 17.4 Å². The number of nitrogens with two attached hydrogens (primary N) is 1. The zero-order chi connectivity index (χ0) is 27.5. The van der Waals surface area contributed by atoms with E-state index < -0.39 is 68.2 Å². The number of ether oxygens (including phenoxy) is 3. The van der Waals surface area contributed by atoms with E-state index >= 15 is 0 Å². The number of hydrogen-bond acceptors (Lipinski definition) is 10. The van der Waals surface area contributed by atoms with E-state index in [1.54, 1.807) is 6.92 Å². The van der Waals surface area contributed by atoms with Gasteiger partial charge in [-0.15, -0.1) is 0 Å². The van der Waals surface area contributed by atoms with Crippen molar-refractivity contribution >= 4 is 11.7 Å². The van der Waals surface area contributed by atoms with Crippen LogP contribution < -0.4 is 26.6 Å². The third kappa shape index (κ3) is 5.65. The molecule has 3 rings (SSSR count). The molecule has 0 aliphatic carbocycles. The fraction of sp³-hybridized carbons (Fsp3) is 0.200. The lowest BCUT2D eigenvalue weighted by Crippen LogP contribution is -2.45. The number of hydrogen-bond donors (Lipinski definition) is 1. The van der Waals surface area contributed by atoms with Gasteiger partial charge in [0.15, 0.2) is 23.9 Å². The van der Waals surface area contributed by atoms with Gasteiger partial charge in [0.05, 0.1) is 23.3 Å². The SMILES string of the molecule is CCOC(=O)COc1ncccc1Oc1cc(-n2c(=O)cc(C(F)(F)F)n(N)c2=O)c(F)cc1[N+](=O)[O-]. The summed E-state index contributed by atoms with van der Waals surface area (Å²) in [6.07, 6.45) is -3.96. The molecule has 3 aromatic rings. The first kappa shape index (κ1) is 26.6. The number of carbonyl (C=O) groups is 1. The lowest BCUT2D eigenvalue weighted by atomic mass is 10.2. The van der Waals surface area contributed by atoms with Crippen molar-refractivity contribution in [3.8, 4) is 23.1 Å². The van der Waals surface area contributed by atoms with Gasteiger partial charge in [-0.05, 0) is 19.1 Å². The van der Waals surface area contributed by atoms with Crippen molar-refractivity contribution in [2.45, 2.75) is 13.1 Å². The quantitative estimate of drug-likeness (QED) is 0.149. The number of nitrogens with zero attached hydrogens (tertiary/aromatic N) is 4. The van der Waals surface area contributed by atoms with Crippen LogP contribution in [0.4, 0.5) is 23.2 Å². The van der Waals surface area contributed by atoms with Crippen LogP contribution in [0, 0.1) is 15.9 Å². The molecule has 0 bridgehead atoms. The van der Waals surface area contributed by atoms with Gasteiger partial charge in [0.2, 0.25) is 5.75 Å². The van der Waals surface area contributed by atoms with Crippen molar-refractivity contribution in [1.29, 1.82) is 0 Å². The monoisotopic (exact) mass is 529 g/mol. The number of nitro benzene ring substituents is 1. The second-order valence-corrected chi connectivity index (χ2v) is 6.88. The first-order valence-corrected chi connectivity index (χ1v) is 9.96. The summed E-state index contributed by atoms with van der Waals surface area (Å²) in [5, 5.41) is 11.5. The van der Waals surface area contributed by atoms with Gasteiger partial charge >= 0.3 is 23.5 Å². The van der Waals surface area contributed by atoms with Crippen LogP contribution in [0.3, 0.4) is 0 Å². The molecule has 0 unspecified atom stereocenters. The molecule has 0 aliphatic rings. The van der Waals surface area contributed by atoms with Gasteiger partial charge in [-0.25, -0.2) is 28.2 Å². The van der Waals surface area contributed by atoms with Crippen molar-refractivity contribution < 1.29 is 41.5 Å². The third-order valence-electron chi connectivity index (χ3n) is 4.48. The summed E-state index contributed by atoms with van der Waals surface area (Å²) >= 11 is 0. The molecule has 2 heterocycles. The molecule has 0 aliphatic heterocycles. The molecule has 2 N–H and O–H groups in total. The standard InChI is InChI=1S/C20H15F4N5O8/c1-2-35-17(31)9-36-18-13(4-3-5-26-18)37-14-7-11(10(21)6-12(14)29(33)34)27-16(30)8-15(20(22,23)24)28(25)19(27)32/h3-8H,2,9,25H2,1H3. The Bertz CT molecular complexity index is 1490. The number of nitrogen functional groups attached to an aromatic ring is 1. The van der Waals surface area contributed by atoms with Gasteiger partial charge in [-0.2, -0.15) is 13.2 Å². The predicted molar refractivity (Wildman–Crippen MR) is 115 cm³/mol. The summed E-state index contributed by atoms with van der Waals surface area (Å²) < 4.78 is 68.8. The van der Waals surface area contributed by atoms with Gasteiger partial charge in [-0.1, -0.05) is 0 Å². The van der Waals surface area contributed by atoms with Crippen LogP contribution in [-0.2, 0) is 15.7 Å². The fourth-order valence-corrected chi connectivity index (χ4v) is 2.93. The Labute approximate surface area is 202 Å². The van der Waals surface area contributed by atoms with Crippen molar-refractivity contribution in [3.63, 3.8) is 0 Å². The van der Waals surface area contributed by atoms with Crippen LogP contribution in [0.15, 0.2) is 46.1 Å². The summed E-state index contributed by atoms with van der Waals surface area (Å²) in [6.45, 7) is 1.00. The molecule has 0 amide bonds. The Hall–Kier alpha value is -4.96. The number of pyridine rings is 1. The lowest BCUT2D eigenvalue weighted by Gasteiger charge is -2.15. The first-order valence-electron chi connectivity index (χ1n) is 9.96. The lowest BCUT2D eigenvalue weighted by molar-refractivity contribution is -0.385. The highest BCUT2D eigenvalue weighted by atomic mass is 19.4. The highest BCUT2D eigenvalue weighted by molar-refractivity contribution is 5.71. The molecule has 0 radical (unpaired) electrons. The van der Waals surface area contributed by atoms with Crippen LogP contribution >= 0.6 is 0 Å². The minimum absolute atomic E-state index is 0.0504. The van der Waals surface area contributed by atoms with E-state index in [4.69, 9.17) is 20.1 Å². The molecule has 2 aromatic heterocycles. The van der Waals surface area contributed by atoms with Gasteiger partial charge in [0.25, 0.3) is 11.4 Å². The van der Waals surface area contributed by atoms with Gasteiger partial charge in [0, 0.05) is 18.3 Å². The Balaban J connectivity index is 2.13. The summed E-state index contributed by atoms with van der Waals surface area (Å²) in [7, 11) is 0. The fourth-order valence-electron chi connectivity index (χ4n) is 2.93. The Morgan fingerprint density at radius 3 is 2.54 bits per heavy atom. The van der Waals surface area contributed by atoms with E-state index in [1.807, 2.05) is 0 Å². The maximum Gasteiger partial charge on any atom is 0.433 e. The largest absolute Gasteiger partial charge is 0.463 e. The van der Waals surface area contributed by atoms with Crippen LogP contribution in [-0.4, -0.2) is 38.3 Å². The van der Waals surface area contributed by atoms with Crippen molar-refractivity contribution in [3.05, 3.63) is 79.0 Å². The maximum atomic E-state index is 14.8. The minimum atomic E-state index is -5.19. The Morgan fingerprint density at radius 2 is 1.92 bits per heavy atom. The molecule has 0 saturated carbocycles. The second kappa shape index (κ2) is 10.3.